The van der Waals surface area contributed by atoms with Crippen LogP contribution in [0.5, 0.6) is 0 Å². The molecule has 0 unspecified atom stereocenters. The van der Waals surface area contributed by atoms with Gasteiger partial charge in [-0.3, -0.25) is 24.1 Å². The van der Waals surface area contributed by atoms with Gasteiger partial charge < -0.3 is 22.4 Å². The number of benzene rings is 2. The minimum atomic E-state index is -2.28. The van der Waals surface area contributed by atoms with Crippen molar-refractivity contribution in [1.82, 2.24) is 10.1 Å². The van der Waals surface area contributed by atoms with Gasteiger partial charge in [0.15, 0.2) is 39.1 Å². The number of β-lactam (4-membered cyclic amide) rings is 2. The van der Waals surface area contributed by atoms with Crippen LogP contribution in [0.15, 0.2) is 85.0 Å². The summed E-state index contributed by atoms with van der Waals surface area (Å²) >= 11 is 0. The summed E-state index contributed by atoms with van der Waals surface area (Å²) in [6.45, 7) is 36.0. The third-order valence-electron chi connectivity index (χ3n) is 13.9. The Bertz CT molecular complexity index is 2100. The van der Waals surface area contributed by atoms with Gasteiger partial charge in [-0.2, -0.15) is 0 Å². The summed E-state index contributed by atoms with van der Waals surface area (Å²) in [5.41, 5.74) is -0.0148. The summed E-state index contributed by atoms with van der Waals surface area (Å²) in [6, 6.07) is 19.6. The molecule has 7 atom stereocenters. The highest BCUT2D eigenvalue weighted by Crippen LogP contribution is 2.53. The molecule has 0 N–H and O–H groups in total. The first kappa shape index (κ1) is 56.7. The smallest absolute Gasteiger partial charge is 0.249 e. The van der Waals surface area contributed by atoms with Crippen LogP contribution in [0.1, 0.15) is 80.4 Å². The summed E-state index contributed by atoms with van der Waals surface area (Å²) in [7, 11) is -8.51. The van der Waals surface area contributed by atoms with Crippen LogP contribution in [0.3, 0.4) is 0 Å². The molecule has 5 aliphatic rings. The standard InChI is InChI=1S/C25H39NO5Si2.C24H37NO5Si2.2CH4/c1-23(2,3)33(7,8)31-22-21(30-32(4,5)6)24(14-15-25(22)18-28-25)16-20(27)26(24)29-17-19-12-10-9-11-13-19;1-23(2,3)32(7,8)29-21-19(26)14-15-24(22(21)30-31(4,5)6)16-20(27)25(24)28-17-18-12-10-9-11-13-18;;/h9-15,21-22H,16-18H2,1-8H3;9-15,21-22H,16-17H2,1-8H3;2*1H4/t21-,22+,24+,25+;21-,22-,24+;;/m11../s1. The molecule has 2 aliphatic carbocycles. The second-order valence-electron chi connectivity index (χ2n) is 23.4. The van der Waals surface area contributed by atoms with E-state index in [4.69, 9.17) is 32.1 Å². The Kier molecular flexibility index (Phi) is 17.0. The molecule has 3 spiro atoms. The number of hydrogen-bond donors (Lipinski definition) is 0. The summed E-state index contributed by atoms with van der Waals surface area (Å²) in [5, 5.41) is 2.93. The zero-order valence-corrected chi connectivity index (χ0v) is 45.9. The highest BCUT2D eigenvalue weighted by Gasteiger charge is 2.69. The number of amides is 2. The lowest BCUT2D eigenvalue weighted by Gasteiger charge is -2.58. The van der Waals surface area contributed by atoms with Crippen LogP contribution in [-0.4, -0.2) is 109 Å². The van der Waals surface area contributed by atoms with E-state index in [1.54, 1.807) is 17.2 Å². The van der Waals surface area contributed by atoms with E-state index in [2.05, 4.69) is 119 Å². The maximum absolute atomic E-state index is 13.1. The first-order valence-corrected chi connectivity index (χ1v) is 35.8. The molecule has 2 aromatic carbocycles. The fourth-order valence-electron chi connectivity index (χ4n) is 8.07. The van der Waals surface area contributed by atoms with Gasteiger partial charge in [-0.05, 0) is 105 Å². The number of nitrogens with zero attached hydrogens (tertiary/aromatic N) is 2. The monoisotopic (exact) mass is 997 g/mol. The molecule has 0 saturated carbocycles. The van der Waals surface area contributed by atoms with E-state index in [-0.39, 0.29) is 67.8 Å². The van der Waals surface area contributed by atoms with Crippen LogP contribution >= 0.6 is 0 Å². The van der Waals surface area contributed by atoms with Crippen molar-refractivity contribution in [2.45, 2.75) is 199 Å². The van der Waals surface area contributed by atoms with E-state index < -0.39 is 62.2 Å². The van der Waals surface area contributed by atoms with Crippen LogP contribution in [0.2, 0.25) is 75.5 Å². The summed E-state index contributed by atoms with van der Waals surface area (Å²) in [4.78, 5) is 50.7. The molecule has 0 bridgehead atoms. The molecule has 3 fully saturated rings. The predicted octanol–water partition coefficient (Wildman–Crippen LogP) is 11.1. The predicted molar refractivity (Wildman–Crippen MR) is 277 cm³/mol. The Hall–Kier alpha value is -2.88. The summed E-state index contributed by atoms with van der Waals surface area (Å²) in [5.74, 6) is -0.250. The van der Waals surface area contributed by atoms with Gasteiger partial charge in [0.2, 0.25) is 11.8 Å². The molecule has 3 heterocycles. The molecule has 7 rings (SSSR count). The van der Waals surface area contributed by atoms with Crippen LogP contribution in [0, 0.1) is 0 Å². The second-order valence-corrected chi connectivity index (χ2v) is 41.9. The van der Waals surface area contributed by atoms with Crippen LogP contribution in [0.25, 0.3) is 0 Å². The van der Waals surface area contributed by atoms with E-state index in [0.29, 0.717) is 19.6 Å². The molecule has 12 nitrogen and oxygen atoms in total. The van der Waals surface area contributed by atoms with Crippen molar-refractivity contribution in [1.29, 1.82) is 0 Å². The van der Waals surface area contributed by atoms with Gasteiger partial charge in [0, 0.05) is 0 Å². The van der Waals surface area contributed by atoms with Gasteiger partial charge in [-0.1, -0.05) is 123 Å². The largest absolute Gasteiger partial charge is 0.409 e. The molecule has 3 saturated heterocycles. The van der Waals surface area contributed by atoms with Crippen LogP contribution in [0.4, 0.5) is 0 Å². The SMILES string of the molecule is C.C.CC(C)(C)[Si](C)(C)O[C@@H]1C(=O)C=C[C@]2(CC(=O)N2OCc2ccccc2)[C@@H]1O[Si](C)(C)C.CC(C)(C)[Si](C)(C)O[C@H]1[C@@H](O[Si](C)(C)C)[C@]2(C=C[C@]13CO3)CC(=O)N2OCc1ccccc1. The van der Waals surface area contributed by atoms with Crippen LogP contribution in [-0.2, 0) is 59.7 Å². The third-order valence-corrected chi connectivity index (χ3v) is 24.7. The molecular weight excluding hydrogens is 913 g/mol. The molecule has 2 aromatic rings. The third kappa shape index (κ3) is 12.2. The van der Waals surface area contributed by atoms with Crippen molar-refractivity contribution < 1.29 is 46.5 Å². The summed E-state index contributed by atoms with van der Waals surface area (Å²) < 4.78 is 33.1. The highest BCUT2D eigenvalue weighted by atomic mass is 28.4. The van der Waals surface area contributed by atoms with Gasteiger partial charge in [0.1, 0.15) is 54.3 Å². The van der Waals surface area contributed by atoms with E-state index in [0.717, 1.165) is 11.1 Å². The van der Waals surface area contributed by atoms with Crippen molar-refractivity contribution >= 4 is 50.9 Å². The number of ether oxygens (including phenoxy) is 1. The zero-order chi connectivity index (χ0) is 48.2. The Morgan fingerprint density at radius 1 is 0.567 bits per heavy atom. The van der Waals surface area contributed by atoms with Gasteiger partial charge >= 0.3 is 0 Å². The number of carbonyl (C=O) groups is 3. The Balaban J connectivity index is 0.000000284. The average Bonchev–Trinajstić information content (AvgIpc) is 3.96. The van der Waals surface area contributed by atoms with Gasteiger partial charge in [-0.15, -0.1) is 0 Å². The Labute approximate surface area is 407 Å². The number of ketones is 1. The minimum Gasteiger partial charge on any atom is -0.409 e. The lowest BCUT2D eigenvalue weighted by Crippen LogP contribution is -2.75. The normalized spacial score (nSPS) is 28.4. The lowest BCUT2D eigenvalue weighted by molar-refractivity contribution is -0.276. The highest BCUT2D eigenvalue weighted by molar-refractivity contribution is 6.74. The molecule has 0 radical (unpaired) electrons. The maximum atomic E-state index is 13.1. The van der Waals surface area contributed by atoms with E-state index in [9.17, 15) is 14.4 Å². The Morgan fingerprint density at radius 3 is 1.36 bits per heavy atom. The van der Waals surface area contributed by atoms with Gasteiger partial charge in [-0.25, -0.2) is 10.1 Å². The van der Waals surface area contributed by atoms with Crippen molar-refractivity contribution in [2.75, 3.05) is 6.61 Å². The first-order valence-electron chi connectivity index (χ1n) is 23.1. The fourth-order valence-corrected chi connectivity index (χ4v) is 12.8. The molecule has 67 heavy (non-hydrogen) atoms. The lowest BCUT2D eigenvalue weighted by atomic mass is 9.71. The maximum Gasteiger partial charge on any atom is 0.249 e. The molecule has 16 heteroatoms. The zero-order valence-electron chi connectivity index (χ0n) is 41.9. The molecule has 374 valence electrons. The molecular formula is C51H84N2O10Si4. The van der Waals surface area contributed by atoms with Gasteiger partial charge in [0.05, 0.1) is 19.4 Å². The fraction of sp³-hybridized carbons (Fsp3) is 0.627. The van der Waals surface area contributed by atoms with Gasteiger partial charge in [0.25, 0.3) is 0 Å². The minimum absolute atomic E-state index is 0. The van der Waals surface area contributed by atoms with E-state index >= 15 is 0 Å². The van der Waals surface area contributed by atoms with E-state index in [1.807, 2.05) is 60.7 Å². The number of epoxide rings is 1. The van der Waals surface area contributed by atoms with Crippen molar-refractivity contribution in [3.8, 4) is 0 Å². The number of carbonyl (C=O) groups excluding carboxylic acids is 3. The van der Waals surface area contributed by atoms with Crippen molar-refractivity contribution in [3.05, 3.63) is 96.1 Å². The topological polar surface area (TPSA) is 126 Å². The quantitative estimate of drug-likeness (QED) is 0.0781. The van der Waals surface area contributed by atoms with Crippen molar-refractivity contribution in [3.63, 3.8) is 0 Å². The molecule has 0 aromatic heterocycles. The average molecular weight is 998 g/mol. The molecule has 3 aliphatic heterocycles. The van der Waals surface area contributed by atoms with Crippen LogP contribution < -0.4 is 0 Å². The Morgan fingerprint density at radius 2 is 0.970 bits per heavy atom. The second kappa shape index (κ2) is 20.1. The molecule has 2 amide bonds. The first-order chi connectivity index (χ1) is 29.9. The van der Waals surface area contributed by atoms with Crippen molar-refractivity contribution in [2.24, 2.45) is 0 Å². The number of hydroxylamine groups is 4. The van der Waals surface area contributed by atoms with E-state index in [1.165, 1.54) is 5.06 Å². The summed E-state index contributed by atoms with van der Waals surface area (Å²) in [6.07, 6.45) is 6.11. The number of hydrogen-bond acceptors (Lipinski definition) is 10. The number of rotatable bonds is 14.